The van der Waals surface area contributed by atoms with Gasteiger partial charge in [0.05, 0.1) is 0 Å². The summed E-state index contributed by atoms with van der Waals surface area (Å²) in [6.45, 7) is 0. The molecule has 7 nitrogen and oxygen atoms in total. The molecule has 0 amide bonds. The van der Waals surface area contributed by atoms with E-state index in [2.05, 4.69) is 200 Å². The lowest BCUT2D eigenvalue weighted by Crippen LogP contribution is -2.48. The van der Waals surface area contributed by atoms with Crippen molar-refractivity contribution in [2.24, 2.45) is 30.0 Å². The summed E-state index contributed by atoms with van der Waals surface area (Å²) in [6, 6.07) is 81.9. The van der Waals surface area contributed by atoms with Crippen LogP contribution in [0.1, 0.15) is 16.7 Å². The average Bonchev–Trinajstić information content (AvgIpc) is 3.41. The van der Waals surface area contributed by atoms with Gasteiger partial charge in [-0.3, -0.25) is 0 Å². The molecule has 12 rings (SSSR count). The Kier molecular flexibility index (Phi) is 10.0. The molecule has 3 aliphatic heterocycles. The van der Waals surface area contributed by atoms with Gasteiger partial charge in [0.25, 0.3) is 0 Å². The van der Waals surface area contributed by atoms with Gasteiger partial charge in [-0.15, -0.1) is 0 Å². The fourth-order valence-electron chi connectivity index (χ4n) is 8.73. The Balaban J connectivity index is 1.08. The van der Waals surface area contributed by atoms with E-state index in [9.17, 15) is 0 Å². The lowest BCUT2D eigenvalue weighted by atomic mass is 9.95. The van der Waals surface area contributed by atoms with Crippen molar-refractivity contribution < 1.29 is 0 Å². The van der Waals surface area contributed by atoms with E-state index in [-0.39, 0.29) is 0 Å². The molecule has 3 aliphatic rings. The van der Waals surface area contributed by atoms with Crippen LogP contribution >= 0.6 is 0 Å². The average molecular weight is 858 g/mol. The Morgan fingerprint density at radius 1 is 0.179 bits per heavy atom. The summed E-state index contributed by atoms with van der Waals surface area (Å²) in [5.74, 6) is 2.59. The Hall–Kier alpha value is -9.20. The molecular formula is C60H39N7. The molecule has 0 fully saturated rings. The Labute approximate surface area is 388 Å². The zero-order valence-corrected chi connectivity index (χ0v) is 36.1. The van der Waals surface area contributed by atoms with Crippen molar-refractivity contribution in [3.05, 3.63) is 253 Å². The third-order valence-electron chi connectivity index (χ3n) is 12.1. The van der Waals surface area contributed by atoms with E-state index in [1.54, 1.807) is 4.90 Å². The maximum absolute atomic E-state index is 5.24. The molecule has 3 heterocycles. The molecule has 0 atom stereocenters. The van der Waals surface area contributed by atoms with Gasteiger partial charge in [0, 0.05) is 16.7 Å². The van der Waals surface area contributed by atoms with Gasteiger partial charge >= 0.3 is 0 Å². The van der Waals surface area contributed by atoms with E-state index in [0.717, 1.165) is 83.5 Å². The first kappa shape index (κ1) is 39.4. The number of rotatable bonds is 9. The van der Waals surface area contributed by atoms with Gasteiger partial charge < -0.3 is 0 Å². The molecule has 0 N–H and O–H groups in total. The number of amidine groups is 3. The van der Waals surface area contributed by atoms with Gasteiger partial charge in [-0.25, -0.2) is 4.90 Å². The van der Waals surface area contributed by atoms with Gasteiger partial charge in [0.2, 0.25) is 17.9 Å². The summed E-state index contributed by atoms with van der Waals surface area (Å²) in [5.41, 5.74) is 15.3. The van der Waals surface area contributed by atoms with Crippen LogP contribution in [0.5, 0.6) is 0 Å². The van der Waals surface area contributed by atoms with Crippen LogP contribution in [-0.4, -0.2) is 40.3 Å². The zero-order valence-electron chi connectivity index (χ0n) is 36.1. The first-order valence-electron chi connectivity index (χ1n) is 22.3. The quantitative estimate of drug-likeness (QED) is 0.142. The number of aliphatic imine (C=N–C) groups is 6. The van der Waals surface area contributed by atoms with Crippen molar-refractivity contribution in [3.63, 3.8) is 0 Å². The number of hydrogen-bond donors (Lipinski definition) is 0. The smallest absolute Gasteiger partial charge is 0.213 e. The van der Waals surface area contributed by atoms with Crippen LogP contribution in [0.15, 0.2) is 267 Å². The van der Waals surface area contributed by atoms with Crippen LogP contribution in [0.4, 0.5) is 0 Å². The van der Waals surface area contributed by atoms with Gasteiger partial charge in [0.15, 0.2) is 17.5 Å². The van der Waals surface area contributed by atoms with Crippen molar-refractivity contribution in [2.45, 2.75) is 0 Å². The van der Waals surface area contributed by atoms with Crippen molar-refractivity contribution in [2.75, 3.05) is 0 Å². The molecule has 0 aliphatic carbocycles. The summed E-state index contributed by atoms with van der Waals surface area (Å²) >= 11 is 0. The molecule has 9 aromatic carbocycles. The Morgan fingerprint density at radius 2 is 0.358 bits per heavy atom. The summed E-state index contributed by atoms with van der Waals surface area (Å²) in [4.78, 5) is 33.2. The predicted molar refractivity (Wildman–Crippen MR) is 276 cm³/mol. The highest BCUT2D eigenvalue weighted by molar-refractivity contribution is 6.34. The maximum atomic E-state index is 5.24. The molecule has 0 radical (unpaired) electrons. The normalized spacial score (nSPS) is 13.9. The fraction of sp³-hybridized carbons (Fsp3) is 0. The Bertz CT molecular complexity index is 2970. The first-order valence-corrected chi connectivity index (χ1v) is 22.3. The first-order chi connectivity index (χ1) is 33.1. The minimum atomic E-state index is 0.382. The van der Waals surface area contributed by atoms with E-state index in [4.69, 9.17) is 30.0 Å². The second-order valence-electron chi connectivity index (χ2n) is 16.5. The third-order valence-corrected chi connectivity index (χ3v) is 12.1. The number of benzene rings is 9. The lowest BCUT2D eigenvalue weighted by Gasteiger charge is -2.30. The van der Waals surface area contributed by atoms with Crippen molar-refractivity contribution in [1.82, 2.24) is 4.90 Å². The van der Waals surface area contributed by atoms with Crippen LogP contribution in [0.25, 0.3) is 66.8 Å². The van der Waals surface area contributed by atoms with Crippen LogP contribution in [0, 0.1) is 0 Å². The predicted octanol–water partition coefficient (Wildman–Crippen LogP) is 13.7. The molecule has 9 aromatic rings. The second-order valence-corrected chi connectivity index (χ2v) is 16.5. The van der Waals surface area contributed by atoms with Gasteiger partial charge in [-0.2, -0.15) is 30.0 Å². The van der Waals surface area contributed by atoms with E-state index in [1.807, 2.05) is 36.4 Å². The van der Waals surface area contributed by atoms with E-state index < -0.39 is 0 Å². The second kappa shape index (κ2) is 17.1. The molecule has 0 unspecified atom stereocenters. The molecule has 0 saturated heterocycles. The number of guanidine groups is 3. The standard InChI is InChI=1S/C60H39N7/c1-7-19-40(20-8-1)46-31-47(41-21-9-2-10-22-41)35-52(34-46)55-61-58-63-56(53-36-48(42-23-11-3-12-24-42)32-49(37-53)43-25-13-4-14-26-43)65-60-66-57(64-59(62-55)67(58)60)54-38-50(44-27-15-5-16-28-44)33-51(39-54)45-29-17-6-18-30-45/h1-39H. The van der Waals surface area contributed by atoms with Crippen LogP contribution in [0.3, 0.4) is 0 Å². The van der Waals surface area contributed by atoms with Gasteiger partial charge in [-0.05, 0) is 121 Å². The lowest BCUT2D eigenvalue weighted by molar-refractivity contribution is 0.828. The molecule has 67 heavy (non-hydrogen) atoms. The summed E-state index contributed by atoms with van der Waals surface area (Å²) in [6.07, 6.45) is 0. The van der Waals surface area contributed by atoms with Crippen LogP contribution < -0.4 is 0 Å². The molecule has 0 bridgehead atoms. The fourth-order valence-corrected chi connectivity index (χ4v) is 8.73. The van der Waals surface area contributed by atoms with Crippen molar-refractivity contribution >= 4 is 35.4 Å². The number of hydrogen-bond acceptors (Lipinski definition) is 7. The molecule has 0 spiro atoms. The maximum Gasteiger partial charge on any atom is 0.243 e. The molecule has 7 heteroatoms. The Morgan fingerprint density at radius 3 is 0.552 bits per heavy atom. The minimum absolute atomic E-state index is 0.382. The molecular weight excluding hydrogens is 819 g/mol. The van der Waals surface area contributed by atoms with E-state index in [1.165, 1.54) is 0 Å². The zero-order chi connectivity index (χ0) is 44.5. The SMILES string of the molecule is c1ccc(-c2cc(C3=NC4=NC(c5cc(-c6ccccc6)cc(-c6ccccc6)c5)=NC5=NC(c6cc(-c7ccccc7)cc(-c7ccccc7)c6)=NC(=N3)N45)cc(-c3ccccc3)c2)cc1. The third kappa shape index (κ3) is 7.92. The van der Waals surface area contributed by atoms with Gasteiger partial charge in [-0.1, -0.05) is 182 Å². The molecule has 0 saturated carbocycles. The van der Waals surface area contributed by atoms with Crippen molar-refractivity contribution in [3.8, 4) is 66.8 Å². The number of nitrogens with zero attached hydrogens (tertiary/aromatic N) is 7. The summed E-state index contributed by atoms with van der Waals surface area (Å²) in [7, 11) is 0. The highest BCUT2D eigenvalue weighted by Crippen LogP contribution is 2.34. The summed E-state index contributed by atoms with van der Waals surface area (Å²) < 4.78 is 0. The largest absolute Gasteiger partial charge is 0.243 e. The molecule has 0 aromatic heterocycles. The summed E-state index contributed by atoms with van der Waals surface area (Å²) in [5, 5.41) is 0. The van der Waals surface area contributed by atoms with E-state index >= 15 is 0 Å². The van der Waals surface area contributed by atoms with Crippen molar-refractivity contribution in [1.29, 1.82) is 0 Å². The van der Waals surface area contributed by atoms with Gasteiger partial charge in [0.1, 0.15) is 0 Å². The van der Waals surface area contributed by atoms with Crippen LogP contribution in [-0.2, 0) is 0 Å². The van der Waals surface area contributed by atoms with E-state index in [0.29, 0.717) is 35.4 Å². The van der Waals surface area contributed by atoms with Crippen LogP contribution in [0.2, 0.25) is 0 Å². The topological polar surface area (TPSA) is 77.4 Å². The minimum Gasteiger partial charge on any atom is -0.213 e. The molecule has 314 valence electrons. The highest BCUT2D eigenvalue weighted by atomic mass is 15.5. The monoisotopic (exact) mass is 857 g/mol. The highest BCUT2D eigenvalue weighted by Gasteiger charge is 2.36.